The van der Waals surface area contributed by atoms with E-state index >= 15 is 0 Å². The lowest BCUT2D eigenvalue weighted by atomic mass is 10.0. The van der Waals surface area contributed by atoms with Gasteiger partial charge in [-0.1, -0.05) is 0 Å². The van der Waals surface area contributed by atoms with Crippen LogP contribution in [0.25, 0.3) is 0 Å². The second-order valence-corrected chi connectivity index (χ2v) is 5.14. The Bertz CT molecular complexity index is 530. The monoisotopic (exact) mass is 277 g/mol. The van der Waals surface area contributed by atoms with E-state index in [9.17, 15) is 14.9 Å². The van der Waals surface area contributed by atoms with Crippen molar-refractivity contribution in [3.8, 4) is 0 Å². The SMILES string of the molecule is CNC1CCCN(C(=O)c2ccc([N+](=O)[O-])cc2C)C1. The van der Waals surface area contributed by atoms with E-state index < -0.39 is 4.92 Å². The van der Waals surface area contributed by atoms with Crippen LogP contribution in [0.3, 0.4) is 0 Å². The van der Waals surface area contributed by atoms with Gasteiger partial charge in [0.1, 0.15) is 0 Å². The molecule has 1 saturated heterocycles. The first-order chi connectivity index (χ1) is 9.52. The fourth-order valence-corrected chi connectivity index (χ4v) is 2.57. The third-order valence-corrected chi connectivity index (χ3v) is 3.77. The predicted octanol–water partition coefficient (Wildman–Crippen LogP) is 1.73. The second kappa shape index (κ2) is 6.00. The molecule has 6 nitrogen and oxygen atoms in total. The van der Waals surface area contributed by atoms with Crippen LogP contribution >= 0.6 is 0 Å². The fraction of sp³-hybridized carbons (Fsp3) is 0.500. The molecule has 108 valence electrons. The Balaban J connectivity index is 2.18. The number of nitro benzene ring substituents is 1. The molecule has 0 spiro atoms. The number of aryl methyl sites for hydroxylation is 1. The van der Waals surface area contributed by atoms with E-state index in [-0.39, 0.29) is 11.6 Å². The number of nitro groups is 1. The maximum absolute atomic E-state index is 12.5. The number of likely N-dealkylation sites (tertiary alicyclic amines) is 1. The standard InChI is InChI=1S/C14H19N3O3/c1-10-8-12(17(19)20)5-6-13(10)14(18)16-7-3-4-11(9-16)15-2/h5-6,8,11,15H,3-4,7,9H2,1-2H3. The lowest BCUT2D eigenvalue weighted by Crippen LogP contribution is -2.47. The maximum atomic E-state index is 12.5. The number of hydrogen-bond acceptors (Lipinski definition) is 4. The minimum atomic E-state index is -0.445. The number of rotatable bonds is 3. The number of piperidine rings is 1. The van der Waals surface area contributed by atoms with Gasteiger partial charge in [-0.2, -0.15) is 0 Å². The van der Waals surface area contributed by atoms with Crippen molar-refractivity contribution in [3.05, 3.63) is 39.4 Å². The number of nitrogens with one attached hydrogen (secondary N) is 1. The van der Waals surface area contributed by atoms with E-state index in [0.29, 0.717) is 23.7 Å². The molecule has 0 bridgehead atoms. The molecule has 1 N–H and O–H groups in total. The summed E-state index contributed by atoms with van der Waals surface area (Å²) in [5.41, 5.74) is 1.22. The summed E-state index contributed by atoms with van der Waals surface area (Å²) in [5, 5.41) is 13.9. The molecule has 0 saturated carbocycles. The smallest absolute Gasteiger partial charge is 0.269 e. The molecule has 1 aromatic rings. The fourth-order valence-electron chi connectivity index (χ4n) is 2.57. The molecule has 1 amide bonds. The first kappa shape index (κ1) is 14.5. The highest BCUT2D eigenvalue weighted by Gasteiger charge is 2.25. The largest absolute Gasteiger partial charge is 0.337 e. The van der Waals surface area contributed by atoms with Crippen molar-refractivity contribution >= 4 is 11.6 Å². The Hall–Kier alpha value is -1.95. The average Bonchev–Trinajstić information content (AvgIpc) is 2.46. The Kier molecular flexibility index (Phi) is 4.34. The summed E-state index contributed by atoms with van der Waals surface area (Å²) >= 11 is 0. The molecule has 1 unspecified atom stereocenters. The maximum Gasteiger partial charge on any atom is 0.269 e. The predicted molar refractivity (Wildman–Crippen MR) is 75.8 cm³/mol. The zero-order chi connectivity index (χ0) is 14.7. The molecule has 1 atom stereocenters. The van der Waals surface area contributed by atoms with Gasteiger partial charge in [0.2, 0.25) is 0 Å². The van der Waals surface area contributed by atoms with E-state index in [0.717, 1.165) is 19.4 Å². The molecule has 0 radical (unpaired) electrons. The number of amides is 1. The van der Waals surface area contributed by atoms with E-state index in [1.807, 2.05) is 11.9 Å². The van der Waals surface area contributed by atoms with Gasteiger partial charge in [-0.25, -0.2) is 0 Å². The number of benzene rings is 1. The molecule has 0 aliphatic carbocycles. The molecule has 1 fully saturated rings. The molecule has 1 aromatic carbocycles. The normalized spacial score (nSPS) is 18.9. The average molecular weight is 277 g/mol. The van der Waals surface area contributed by atoms with Gasteiger partial charge in [-0.3, -0.25) is 14.9 Å². The molecular formula is C14H19N3O3. The van der Waals surface area contributed by atoms with Crippen molar-refractivity contribution in [2.45, 2.75) is 25.8 Å². The molecule has 20 heavy (non-hydrogen) atoms. The quantitative estimate of drug-likeness (QED) is 0.674. The van der Waals surface area contributed by atoms with Crippen molar-refractivity contribution in [2.75, 3.05) is 20.1 Å². The first-order valence-electron chi connectivity index (χ1n) is 6.74. The molecule has 0 aromatic heterocycles. The zero-order valence-corrected chi connectivity index (χ0v) is 11.8. The number of carbonyl (C=O) groups excluding carboxylic acids is 1. The van der Waals surface area contributed by atoms with Gasteiger partial charge in [0.25, 0.3) is 11.6 Å². The van der Waals surface area contributed by atoms with Crippen molar-refractivity contribution in [1.29, 1.82) is 0 Å². The third-order valence-electron chi connectivity index (χ3n) is 3.77. The Labute approximate surface area is 117 Å². The van der Waals surface area contributed by atoms with Crippen molar-refractivity contribution in [1.82, 2.24) is 10.2 Å². The Morgan fingerprint density at radius 2 is 2.25 bits per heavy atom. The highest BCUT2D eigenvalue weighted by molar-refractivity contribution is 5.96. The molecular weight excluding hydrogens is 258 g/mol. The van der Waals surface area contributed by atoms with Crippen LogP contribution in [0.2, 0.25) is 0 Å². The van der Waals surface area contributed by atoms with Crippen LogP contribution in [0.1, 0.15) is 28.8 Å². The number of likely N-dealkylation sites (N-methyl/N-ethyl adjacent to an activating group) is 1. The van der Waals surface area contributed by atoms with Gasteiger partial charge < -0.3 is 10.2 Å². The van der Waals surface area contributed by atoms with E-state index in [1.165, 1.54) is 12.1 Å². The summed E-state index contributed by atoms with van der Waals surface area (Å²) < 4.78 is 0. The summed E-state index contributed by atoms with van der Waals surface area (Å²) in [7, 11) is 1.90. The van der Waals surface area contributed by atoms with Crippen LogP contribution in [0.15, 0.2) is 18.2 Å². The lowest BCUT2D eigenvalue weighted by molar-refractivity contribution is -0.384. The van der Waals surface area contributed by atoms with Gasteiger partial charge in [-0.15, -0.1) is 0 Å². The topological polar surface area (TPSA) is 75.5 Å². The first-order valence-corrected chi connectivity index (χ1v) is 6.74. The lowest BCUT2D eigenvalue weighted by Gasteiger charge is -2.32. The highest BCUT2D eigenvalue weighted by Crippen LogP contribution is 2.20. The summed E-state index contributed by atoms with van der Waals surface area (Å²) in [6.45, 7) is 3.17. The van der Waals surface area contributed by atoms with E-state index in [2.05, 4.69) is 5.32 Å². The van der Waals surface area contributed by atoms with Crippen molar-refractivity contribution in [3.63, 3.8) is 0 Å². The van der Waals surface area contributed by atoms with Gasteiger partial charge in [-0.05, 0) is 38.4 Å². The number of hydrogen-bond donors (Lipinski definition) is 1. The summed E-state index contributed by atoms with van der Waals surface area (Å²) in [6, 6.07) is 4.72. The molecule has 6 heteroatoms. The molecule has 2 rings (SSSR count). The van der Waals surface area contributed by atoms with E-state index in [4.69, 9.17) is 0 Å². The van der Waals surface area contributed by atoms with Gasteiger partial charge in [0.05, 0.1) is 4.92 Å². The number of carbonyl (C=O) groups is 1. The molecule has 1 aliphatic heterocycles. The summed E-state index contributed by atoms with van der Waals surface area (Å²) in [4.78, 5) is 24.6. The summed E-state index contributed by atoms with van der Waals surface area (Å²) in [6.07, 6.45) is 2.04. The van der Waals surface area contributed by atoms with Gasteiger partial charge >= 0.3 is 0 Å². The highest BCUT2D eigenvalue weighted by atomic mass is 16.6. The Morgan fingerprint density at radius 1 is 1.50 bits per heavy atom. The van der Waals surface area contributed by atoms with Crippen molar-refractivity contribution < 1.29 is 9.72 Å². The van der Waals surface area contributed by atoms with Crippen molar-refractivity contribution in [2.24, 2.45) is 0 Å². The molecule has 1 heterocycles. The van der Waals surface area contributed by atoms with E-state index in [1.54, 1.807) is 13.0 Å². The van der Waals surface area contributed by atoms with Crippen LogP contribution in [0, 0.1) is 17.0 Å². The zero-order valence-electron chi connectivity index (χ0n) is 11.8. The van der Waals surface area contributed by atoms with Crippen LogP contribution in [-0.2, 0) is 0 Å². The van der Waals surface area contributed by atoms with Crippen LogP contribution in [0.4, 0.5) is 5.69 Å². The molecule has 1 aliphatic rings. The van der Waals surface area contributed by atoms with Gasteiger partial charge in [0, 0.05) is 36.8 Å². The van der Waals surface area contributed by atoms with Gasteiger partial charge in [0.15, 0.2) is 0 Å². The Morgan fingerprint density at radius 3 is 2.85 bits per heavy atom. The minimum Gasteiger partial charge on any atom is -0.337 e. The minimum absolute atomic E-state index is 0.0193. The van der Waals surface area contributed by atoms with Crippen LogP contribution in [0.5, 0.6) is 0 Å². The summed E-state index contributed by atoms with van der Waals surface area (Å²) in [5.74, 6) is -0.0441. The number of nitrogens with zero attached hydrogens (tertiary/aromatic N) is 2. The van der Waals surface area contributed by atoms with Crippen LogP contribution < -0.4 is 5.32 Å². The second-order valence-electron chi connectivity index (χ2n) is 5.14. The number of non-ortho nitro benzene ring substituents is 1. The third kappa shape index (κ3) is 2.96. The van der Waals surface area contributed by atoms with Crippen LogP contribution in [-0.4, -0.2) is 41.9 Å².